The van der Waals surface area contributed by atoms with Gasteiger partial charge in [-0.2, -0.15) is 0 Å². The molecular formula is C20H27NO5. The number of rotatable bonds is 10. The molecule has 0 aliphatic heterocycles. The number of nitrogens with one attached hydrogen (secondary N) is 1. The average Bonchev–Trinajstić information content (AvgIpc) is 2.99. The van der Waals surface area contributed by atoms with Crippen molar-refractivity contribution in [2.45, 2.75) is 52.2 Å². The minimum absolute atomic E-state index is 0.0583. The number of para-hydroxylation sites is 1. The third-order valence-corrected chi connectivity index (χ3v) is 4.15. The molecule has 1 amide bonds. The van der Waals surface area contributed by atoms with Crippen LogP contribution >= 0.6 is 0 Å². The maximum absolute atomic E-state index is 12.4. The first-order valence-electron chi connectivity index (χ1n) is 9.02. The second kappa shape index (κ2) is 9.97. The Labute approximate surface area is 153 Å². The third kappa shape index (κ3) is 5.33. The van der Waals surface area contributed by atoms with Crippen molar-refractivity contribution in [1.82, 2.24) is 5.32 Å². The lowest BCUT2D eigenvalue weighted by Gasteiger charge is -2.13. The smallest absolute Gasteiger partial charge is 0.375 e. The summed E-state index contributed by atoms with van der Waals surface area (Å²) in [6.45, 7) is 3.98. The summed E-state index contributed by atoms with van der Waals surface area (Å²) < 4.78 is 15.9. The number of carbonyl (C=O) groups excluding carboxylic acids is 2. The molecule has 2 rings (SSSR count). The van der Waals surface area contributed by atoms with Gasteiger partial charge in [-0.15, -0.1) is 0 Å². The van der Waals surface area contributed by atoms with Gasteiger partial charge in [0.05, 0.1) is 6.61 Å². The summed E-state index contributed by atoms with van der Waals surface area (Å²) >= 11 is 0. The second-order valence-electron chi connectivity index (χ2n) is 6.38. The fraction of sp³-hybridized carbons (Fsp3) is 0.500. The molecule has 0 aliphatic rings. The molecule has 6 heteroatoms. The first kappa shape index (κ1) is 20.0. The van der Waals surface area contributed by atoms with Crippen LogP contribution in [0.2, 0.25) is 0 Å². The molecule has 0 fully saturated rings. The van der Waals surface area contributed by atoms with Crippen LogP contribution in [-0.2, 0) is 20.9 Å². The van der Waals surface area contributed by atoms with E-state index in [0.29, 0.717) is 11.1 Å². The number of furan rings is 1. The number of fused-ring (bicyclic) bond motifs is 1. The van der Waals surface area contributed by atoms with Crippen molar-refractivity contribution in [3.63, 3.8) is 0 Å². The molecule has 0 radical (unpaired) electrons. The summed E-state index contributed by atoms with van der Waals surface area (Å²) in [5, 5.41) is 3.64. The number of ether oxygens (including phenoxy) is 2. The van der Waals surface area contributed by atoms with Gasteiger partial charge in [-0.25, -0.2) is 4.79 Å². The summed E-state index contributed by atoms with van der Waals surface area (Å²) in [7, 11) is 1.55. The quantitative estimate of drug-likeness (QED) is 0.514. The largest absolute Gasteiger partial charge is 0.450 e. The van der Waals surface area contributed by atoms with Crippen LogP contribution in [0.3, 0.4) is 0 Å². The lowest BCUT2D eigenvalue weighted by molar-refractivity contribution is -0.124. The van der Waals surface area contributed by atoms with Crippen LogP contribution in [0, 0.1) is 0 Å². The van der Waals surface area contributed by atoms with Crippen molar-refractivity contribution < 1.29 is 23.5 Å². The third-order valence-electron chi connectivity index (χ3n) is 4.15. The van der Waals surface area contributed by atoms with E-state index in [4.69, 9.17) is 13.9 Å². The highest BCUT2D eigenvalue weighted by molar-refractivity contribution is 5.96. The van der Waals surface area contributed by atoms with Gasteiger partial charge in [-0.3, -0.25) is 4.79 Å². The van der Waals surface area contributed by atoms with Gasteiger partial charge in [0.25, 0.3) is 5.91 Å². The summed E-state index contributed by atoms with van der Waals surface area (Å²) in [4.78, 5) is 24.3. The predicted octanol–water partition coefficient (Wildman–Crippen LogP) is 3.82. The molecule has 1 unspecified atom stereocenters. The number of esters is 1. The van der Waals surface area contributed by atoms with Gasteiger partial charge in [0.15, 0.2) is 6.61 Å². The summed E-state index contributed by atoms with van der Waals surface area (Å²) in [5.74, 6) is -0.898. The molecule has 0 spiro atoms. The SMILES string of the molecule is CCCCCC(C)NC(=O)COC(=O)c1oc2ccccc2c1COC. The molecule has 1 N–H and O–H groups in total. The summed E-state index contributed by atoms with van der Waals surface area (Å²) in [6.07, 6.45) is 4.26. The maximum atomic E-state index is 12.4. The highest BCUT2D eigenvalue weighted by Crippen LogP contribution is 2.27. The van der Waals surface area contributed by atoms with E-state index < -0.39 is 5.97 Å². The van der Waals surface area contributed by atoms with E-state index >= 15 is 0 Å². The number of unbranched alkanes of at least 4 members (excludes halogenated alkanes) is 2. The summed E-state index contributed by atoms with van der Waals surface area (Å²) in [6, 6.07) is 7.37. The van der Waals surface area contributed by atoms with E-state index in [1.54, 1.807) is 13.2 Å². The van der Waals surface area contributed by atoms with Crippen LogP contribution in [0.1, 0.15) is 55.6 Å². The molecular weight excluding hydrogens is 334 g/mol. The topological polar surface area (TPSA) is 77.8 Å². The van der Waals surface area contributed by atoms with E-state index in [0.717, 1.165) is 31.1 Å². The van der Waals surface area contributed by atoms with Crippen LogP contribution in [0.5, 0.6) is 0 Å². The van der Waals surface area contributed by atoms with Crippen LogP contribution in [-0.4, -0.2) is 31.6 Å². The van der Waals surface area contributed by atoms with Crippen molar-refractivity contribution in [2.75, 3.05) is 13.7 Å². The minimum atomic E-state index is -0.665. The van der Waals surface area contributed by atoms with Gasteiger partial charge in [0, 0.05) is 24.1 Å². The number of amides is 1. The van der Waals surface area contributed by atoms with E-state index in [9.17, 15) is 9.59 Å². The van der Waals surface area contributed by atoms with Crippen molar-refractivity contribution >= 4 is 22.8 Å². The molecule has 6 nitrogen and oxygen atoms in total. The number of hydrogen-bond acceptors (Lipinski definition) is 5. The van der Waals surface area contributed by atoms with Crippen LogP contribution in [0.15, 0.2) is 28.7 Å². The fourth-order valence-electron chi connectivity index (χ4n) is 2.84. The Bertz CT molecular complexity index is 737. The normalized spacial score (nSPS) is 12.1. The fourth-order valence-corrected chi connectivity index (χ4v) is 2.84. The summed E-state index contributed by atoms with van der Waals surface area (Å²) in [5.41, 5.74) is 1.21. The second-order valence-corrected chi connectivity index (χ2v) is 6.38. The van der Waals surface area contributed by atoms with Gasteiger partial charge < -0.3 is 19.2 Å². The van der Waals surface area contributed by atoms with E-state index in [1.165, 1.54) is 0 Å². The van der Waals surface area contributed by atoms with Crippen LogP contribution in [0.25, 0.3) is 11.0 Å². The Kier molecular flexibility index (Phi) is 7.66. The Morgan fingerprint density at radius 3 is 2.73 bits per heavy atom. The number of methoxy groups -OCH3 is 1. The van der Waals surface area contributed by atoms with Gasteiger partial charge in [-0.05, 0) is 19.4 Å². The van der Waals surface area contributed by atoms with Crippen molar-refractivity contribution in [3.05, 3.63) is 35.6 Å². The highest BCUT2D eigenvalue weighted by Gasteiger charge is 2.22. The Balaban J connectivity index is 1.94. The number of carbonyl (C=O) groups is 2. The average molecular weight is 361 g/mol. The van der Waals surface area contributed by atoms with E-state index in [1.807, 2.05) is 25.1 Å². The lowest BCUT2D eigenvalue weighted by Crippen LogP contribution is -2.35. The van der Waals surface area contributed by atoms with Gasteiger partial charge >= 0.3 is 5.97 Å². The van der Waals surface area contributed by atoms with Crippen LogP contribution in [0.4, 0.5) is 0 Å². The number of benzene rings is 1. The molecule has 1 aromatic heterocycles. The van der Waals surface area contributed by atoms with Crippen LogP contribution < -0.4 is 5.32 Å². The monoisotopic (exact) mass is 361 g/mol. The molecule has 0 saturated carbocycles. The Morgan fingerprint density at radius 1 is 1.23 bits per heavy atom. The first-order valence-corrected chi connectivity index (χ1v) is 9.02. The molecule has 1 aromatic carbocycles. The van der Waals surface area contributed by atoms with Crippen molar-refractivity contribution in [2.24, 2.45) is 0 Å². The molecule has 1 heterocycles. The Hall–Kier alpha value is -2.34. The van der Waals surface area contributed by atoms with Gasteiger partial charge in [-0.1, -0.05) is 44.4 Å². The zero-order valence-electron chi connectivity index (χ0n) is 15.7. The minimum Gasteiger partial charge on any atom is -0.450 e. The zero-order valence-corrected chi connectivity index (χ0v) is 15.7. The zero-order chi connectivity index (χ0) is 18.9. The molecule has 0 bridgehead atoms. The standard InChI is InChI=1S/C20H27NO5/c1-4-5-6-9-14(2)21-18(22)13-25-20(23)19-16(12-24-3)15-10-7-8-11-17(15)26-19/h7-8,10-11,14H,4-6,9,12-13H2,1-3H3,(H,21,22). The highest BCUT2D eigenvalue weighted by atomic mass is 16.5. The lowest BCUT2D eigenvalue weighted by atomic mass is 10.1. The Morgan fingerprint density at radius 2 is 2.00 bits per heavy atom. The molecule has 142 valence electrons. The molecule has 0 saturated heterocycles. The molecule has 2 aromatic rings. The molecule has 1 atom stereocenters. The van der Waals surface area contributed by atoms with Gasteiger partial charge in [0.2, 0.25) is 5.76 Å². The molecule has 26 heavy (non-hydrogen) atoms. The first-order chi connectivity index (χ1) is 12.6. The molecule has 0 aliphatic carbocycles. The number of hydrogen-bond donors (Lipinski definition) is 1. The predicted molar refractivity (Wildman–Crippen MR) is 99.0 cm³/mol. The van der Waals surface area contributed by atoms with E-state index in [2.05, 4.69) is 12.2 Å². The van der Waals surface area contributed by atoms with Crippen molar-refractivity contribution in [1.29, 1.82) is 0 Å². The van der Waals surface area contributed by atoms with Crippen molar-refractivity contribution in [3.8, 4) is 0 Å². The maximum Gasteiger partial charge on any atom is 0.375 e. The van der Waals surface area contributed by atoms with E-state index in [-0.39, 0.29) is 30.9 Å². The van der Waals surface area contributed by atoms with Gasteiger partial charge in [0.1, 0.15) is 5.58 Å².